The van der Waals surface area contributed by atoms with Crippen LogP contribution in [0.3, 0.4) is 0 Å². The summed E-state index contributed by atoms with van der Waals surface area (Å²) in [6.07, 6.45) is 0. The highest BCUT2D eigenvalue weighted by Gasteiger charge is 2.36. The van der Waals surface area contributed by atoms with Crippen LogP contribution in [0.1, 0.15) is 11.5 Å². The lowest BCUT2D eigenvalue weighted by atomic mass is 9.82. The van der Waals surface area contributed by atoms with Gasteiger partial charge in [0.2, 0.25) is 5.91 Å². The zero-order valence-corrected chi connectivity index (χ0v) is 14.7. The second-order valence-electron chi connectivity index (χ2n) is 5.74. The highest BCUT2D eigenvalue weighted by molar-refractivity contribution is 7.84. The lowest BCUT2D eigenvalue weighted by Crippen LogP contribution is -2.37. The summed E-state index contributed by atoms with van der Waals surface area (Å²) in [5.41, 5.74) is 13.4. The van der Waals surface area contributed by atoms with Crippen molar-refractivity contribution in [2.24, 2.45) is 11.5 Å². The summed E-state index contributed by atoms with van der Waals surface area (Å²) in [5, 5.41) is 5.80. The average Bonchev–Trinajstić information content (AvgIpc) is 2.62. The van der Waals surface area contributed by atoms with Gasteiger partial charge in [-0.15, -0.1) is 12.6 Å². The van der Waals surface area contributed by atoms with Gasteiger partial charge in [0, 0.05) is 5.69 Å². The monoisotopic (exact) mass is 366 g/mol. The molecule has 0 radical (unpaired) electrons. The molecule has 0 aliphatic carbocycles. The normalized spacial score (nSPS) is 16.9. The number of hydrogen-bond acceptors (Lipinski definition) is 5. The Morgan fingerprint density at radius 1 is 0.962 bits per heavy atom. The van der Waals surface area contributed by atoms with Crippen molar-refractivity contribution in [3.05, 3.63) is 88.2 Å². The fourth-order valence-electron chi connectivity index (χ4n) is 2.91. The van der Waals surface area contributed by atoms with Crippen molar-refractivity contribution in [3.63, 3.8) is 0 Å². The van der Waals surface area contributed by atoms with E-state index < -0.39 is 17.7 Å². The zero-order valence-electron chi connectivity index (χ0n) is 13.8. The fraction of sp³-hybridized carbons (Fsp3) is 0.0526. The fourth-order valence-corrected chi connectivity index (χ4v) is 3.27. The molecule has 7 heteroatoms. The first-order valence-electron chi connectivity index (χ1n) is 7.90. The lowest BCUT2D eigenvalue weighted by Gasteiger charge is -2.29. The molecule has 6 N–H and O–H groups in total. The molecule has 1 aliphatic rings. The van der Waals surface area contributed by atoms with E-state index in [0.717, 1.165) is 5.56 Å². The number of thiol groups is 1. The summed E-state index contributed by atoms with van der Waals surface area (Å²) in [5.74, 6) is -1.68. The first kappa shape index (κ1) is 17.6. The minimum absolute atomic E-state index is 0.127. The van der Waals surface area contributed by atoms with Gasteiger partial charge in [0.05, 0.1) is 22.1 Å². The molecule has 0 saturated carbocycles. The average molecular weight is 366 g/mol. The topological polar surface area (TPSA) is 110 Å². The number of nitrogens with one attached hydrogen (secondary N) is 2. The quantitative estimate of drug-likeness (QED) is 0.532. The van der Waals surface area contributed by atoms with Crippen LogP contribution < -0.4 is 22.1 Å². The predicted molar refractivity (Wildman–Crippen MR) is 104 cm³/mol. The molecule has 0 bridgehead atoms. The molecule has 2 aromatic rings. The first-order valence-corrected chi connectivity index (χ1v) is 8.34. The third-order valence-electron chi connectivity index (χ3n) is 4.05. The second kappa shape index (κ2) is 7.37. The van der Waals surface area contributed by atoms with Crippen molar-refractivity contribution < 1.29 is 9.59 Å². The molecule has 132 valence electrons. The van der Waals surface area contributed by atoms with Gasteiger partial charge in [-0.3, -0.25) is 9.59 Å². The first-order chi connectivity index (χ1) is 12.5. The molecular formula is C19H18N4O2S. The summed E-state index contributed by atoms with van der Waals surface area (Å²) in [4.78, 5) is 25.0. The highest BCUT2D eigenvalue weighted by Crippen LogP contribution is 2.38. The van der Waals surface area contributed by atoms with Crippen LogP contribution in [0.2, 0.25) is 0 Å². The van der Waals surface area contributed by atoms with Crippen molar-refractivity contribution >= 4 is 30.1 Å². The van der Waals surface area contributed by atoms with Gasteiger partial charge < -0.3 is 22.1 Å². The van der Waals surface area contributed by atoms with Gasteiger partial charge >= 0.3 is 0 Å². The molecule has 2 amide bonds. The molecule has 26 heavy (non-hydrogen) atoms. The number of dihydropyridines is 1. The Labute approximate surface area is 156 Å². The van der Waals surface area contributed by atoms with Gasteiger partial charge in [0.15, 0.2) is 0 Å². The number of hydrogen-bond donors (Lipinski definition) is 5. The van der Waals surface area contributed by atoms with Crippen LogP contribution in [0.25, 0.3) is 0 Å². The SMILES string of the molecule is NC(=O)C1=C(S)NC(N)=C(C(=O)Nc2ccccc2)[C@H]1c1ccccc1. The third-order valence-corrected chi connectivity index (χ3v) is 4.40. The van der Waals surface area contributed by atoms with Crippen LogP contribution in [-0.2, 0) is 9.59 Å². The summed E-state index contributed by atoms with van der Waals surface area (Å²) in [6.45, 7) is 0. The van der Waals surface area contributed by atoms with Gasteiger partial charge in [-0.25, -0.2) is 0 Å². The minimum atomic E-state index is -0.717. The third kappa shape index (κ3) is 3.43. The number of benzene rings is 2. The maximum atomic E-state index is 12.9. The van der Waals surface area contributed by atoms with Crippen molar-refractivity contribution in [2.75, 3.05) is 5.32 Å². The maximum Gasteiger partial charge on any atom is 0.256 e. The van der Waals surface area contributed by atoms with E-state index in [1.54, 1.807) is 12.1 Å². The standard InChI is InChI=1S/C19H18N4O2S/c20-16-14(18(25)22-12-9-5-2-6-10-12)13(11-7-3-1-4-8-11)15(17(21)24)19(26)23-16/h1-10,13,23,26H,20H2,(H2,21,24)(H,22,25)/t13-/m1/s1. The molecule has 1 heterocycles. The van der Waals surface area contributed by atoms with Crippen LogP contribution >= 0.6 is 12.6 Å². The number of anilines is 1. The number of amides is 2. The van der Waals surface area contributed by atoms with E-state index >= 15 is 0 Å². The van der Waals surface area contributed by atoms with Gasteiger partial charge in [-0.2, -0.15) is 0 Å². The van der Waals surface area contributed by atoms with E-state index in [2.05, 4.69) is 23.3 Å². The Morgan fingerprint density at radius 3 is 2.12 bits per heavy atom. The Kier molecular flexibility index (Phi) is 4.99. The smallest absolute Gasteiger partial charge is 0.256 e. The molecule has 0 aromatic heterocycles. The molecule has 0 saturated heterocycles. The molecule has 0 unspecified atom stereocenters. The van der Waals surface area contributed by atoms with E-state index in [-0.39, 0.29) is 22.0 Å². The predicted octanol–water partition coefficient (Wildman–Crippen LogP) is 1.81. The Hall–Kier alpha value is -3.19. The Morgan fingerprint density at radius 2 is 1.54 bits per heavy atom. The number of carbonyl (C=O) groups is 2. The Balaban J connectivity index is 2.07. The van der Waals surface area contributed by atoms with Gasteiger partial charge in [-0.05, 0) is 17.7 Å². The van der Waals surface area contributed by atoms with Crippen molar-refractivity contribution in [3.8, 4) is 0 Å². The summed E-state index contributed by atoms with van der Waals surface area (Å²) < 4.78 is 0. The van der Waals surface area contributed by atoms with Crippen LogP contribution in [0.4, 0.5) is 5.69 Å². The number of primary amides is 1. The minimum Gasteiger partial charge on any atom is -0.385 e. The second-order valence-corrected chi connectivity index (χ2v) is 6.19. The summed E-state index contributed by atoms with van der Waals surface area (Å²) >= 11 is 4.29. The van der Waals surface area contributed by atoms with Gasteiger partial charge in [-0.1, -0.05) is 48.5 Å². The lowest BCUT2D eigenvalue weighted by molar-refractivity contribution is -0.114. The number of para-hydroxylation sites is 1. The molecule has 3 rings (SSSR count). The molecule has 1 atom stereocenters. The number of carbonyl (C=O) groups excluding carboxylic acids is 2. The maximum absolute atomic E-state index is 12.9. The van der Waals surface area contributed by atoms with Gasteiger partial charge in [0.1, 0.15) is 5.82 Å². The molecule has 0 fully saturated rings. The van der Waals surface area contributed by atoms with Crippen molar-refractivity contribution in [1.29, 1.82) is 0 Å². The van der Waals surface area contributed by atoms with E-state index in [9.17, 15) is 9.59 Å². The number of rotatable bonds is 4. The number of nitrogens with two attached hydrogens (primary N) is 2. The largest absolute Gasteiger partial charge is 0.385 e. The van der Waals surface area contributed by atoms with Crippen molar-refractivity contribution in [1.82, 2.24) is 5.32 Å². The molecule has 2 aromatic carbocycles. The van der Waals surface area contributed by atoms with Gasteiger partial charge in [0.25, 0.3) is 5.91 Å². The molecule has 1 aliphatic heterocycles. The summed E-state index contributed by atoms with van der Waals surface area (Å²) in [6, 6.07) is 18.1. The van der Waals surface area contributed by atoms with E-state index in [1.165, 1.54) is 0 Å². The molecular weight excluding hydrogens is 348 g/mol. The zero-order chi connectivity index (χ0) is 18.7. The molecule has 6 nitrogen and oxygen atoms in total. The van der Waals surface area contributed by atoms with E-state index in [0.29, 0.717) is 5.69 Å². The summed E-state index contributed by atoms with van der Waals surface area (Å²) in [7, 11) is 0. The van der Waals surface area contributed by atoms with Crippen LogP contribution in [0, 0.1) is 0 Å². The van der Waals surface area contributed by atoms with E-state index in [1.807, 2.05) is 48.5 Å². The van der Waals surface area contributed by atoms with Crippen LogP contribution in [0.5, 0.6) is 0 Å². The van der Waals surface area contributed by atoms with Crippen LogP contribution in [-0.4, -0.2) is 11.8 Å². The van der Waals surface area contributed by atoms with E-state index in [4.69, 9.17) is 11.5 Å². The molecule has 0 spiro atoms. The van der Waals surface area contributed by atoms with Crippen LogP contribution in [0.15, 0.2) is 82.7 Å². The Bertz CT molecular complexity index is 908. The van der Waals surface area contributed by atoms with Crippen molar-refractivity contribution in [2.45, 2.75) is 5.92 Å². The highest BCUT2D eigenvalue weighted by atomic mass is 32.1.